The van der Waals surface area contributed by atoms with E-state index < -0.39 is 10.0 Å². The third kappa shape index (κ3) is 3.10. The maximum Gasteiger partial charge on any atom is 0.216 e. The molecule has 1 aliphatic carbocycles. The van der Waals surface area contributed by atoms with Crippen LogP contribution in [0.2, 0.25) is 0 Å². The lowest BCUT2D eigenvalue weighted by atomic mass is 9.97. The molecule has 0 N–H and O–H groups in total. The van der Waals surface area contributed by atoms with Crippen LogP contribution in [-0.2, 0) is 10.0 Å². The minimum absolute atomic E-state index is 0.129. The first-order chi connectivity index (χ1) is 12.0. The standard InChI is InChI=1S/C16H24N6O2S/c1-12-18-19-16-15(17-7-10-22(12)16)21-8-5-13(6-9-21)11-20(2)25(23,24)14-3-4-14/h7,10,13-14H,3-6,8-9,11H2,1-2H3. The van der Waals surface area contributed by atoms with Gasteiger partial charge < -0.3 is 4.90 Å². The van der Waals surface area contributed by atoms with Gasteiger partial charge in [0.15, 0.2) is 5.82 Å². The molecule has 0 radical (unpaired) electrons. The van der Waals surface area contributed by atoms with E-state index in [0.717, 1.165) is 56.1 Å². The van der Waals surface area contributed by atoms with Crippen LogP contribution in [0.15, 0.2) is 12.4 Å². The van der Waals surface area contributed by atoms with Crippen LogP contribution >= 0.6 is 0 Å². The third-order valence-corrected chi connectivity index (χ3v) is 7.62. The second-order valence-corrected chi connectivity index (χ2v) is 9.47. The topological polar surface area (TPSA) is 83.7 Å². The highest BCUT2D eigenvalue weighted by Crippen LogP contribution is 2.32. The summed E-state index contributed by atoms with van der Waals surface area (Å²) < 4.78 is 28.1. The number of hydrogen-bond donors (Lipinski definition) is 0. The number of aryl methyl sites for hydroxylation is 1. The smallest absolute Gasteiger partial charge is 0.216 e. The van der Waals surface area contributed by atoms with Crippen LogP contribution < -0.4 is 4.90 Å². The first-order valence-electron chi connectivity index (χ1n) is 8.83. The van der Waals surface area contributed by atoms with Gasteiger partial charge in [-0.15, -0.1) is 10.2 Å². The highest BCUT2D eigenvalue weighted by molar-refractivity contribution is 7.90. The Labute approximate surface area is 147 Å². The number of rotatable bonds is 5. The van der Waals surface area contributed by atoms with Crippen LogP contribution in [0.4, 0.5) is 5.82 Å². The van der Waals surface area contributed by atoms with Crippen LogP contribution in [0.25, 0.3) is 5.65 Å². The second-order valence-electron chi connectivity index (χ2n) is 7.15. The van der Waals surface area contributed by atoms with Crippen LogP contribution in [-0.4, -0.2) is 64.2 Å². The number of piperidine rings is 1. The predicted octanol–water partition coefficient (Wildman–Crippen LogP) is 1.07. The molecule has 1 aliphatic heterocycles. The fourth-order valence-corrected chi connectivity index (χ4v) is 5.23. The molecular formula is C16H24N6O2S. The molecule has 8 nitrogen and oxygen atoms in total. The van der Waals surface area contributed by atoms with Crippen molar-refractivity contribution >= 4 is 21.5 Å². The van der Waals surface area contributed by atoms with E-state index in [2.05, 4.69) is 20.1 Å². The largest absolute Gasteiger partial charge is 0.353 e. The Morgan fingerprint density at radius 2 is 1.92 bits per heavy atom. The van der Waals surface area contributed by atoms with Gasteiger partial charge in [0.2, 0.25) is 15.7 Å². The number of nitrogens with zero attached hydrogens (tertiary/aromatic N) is 6. The van der Waals surface area contributed by atoms with E-state index in [4.69, 9.17) is 0 Å². The van der Waals surface area contributed by atoms with Gasteiger partial charge in [0.1, 0.15) is 5.82 Å². The van der Waals surface area contributed by atoms with E-state index in [1.165, 1.54) is 0 Å². The van der Waals surface area contributed by atoms with Gasteiger partial charge in [-0.05, 0) is 38.5 Å². The van der Waals surface area contributed by atoms with E-state index in [-0.39, 0.29) is 5.25 Å². The molecule has 9 heteroatoms. The van der Waals surface area contributed by atoms with Gasteiger partial charge in [0, 0.05) is 39.1 Å². The van der Waals surface area contributed by atoms with Crippen molar-refractivity contribution < 1.29 is 8.42 Å². The van der Waals surface area contributed by atoms with Gasteiger partial charge in [0.25, 0.3) is 0 Å². The van der Waals surface area contributed by atoms with Crippen LogP contribution in [0.1, 0.15) is 31.5 Å². The summed E-state index contributed by atoms with van der Waals surface area (Å²) in [5.41, 5.74) is 0.784. The zero-order valence-electron chi connectivity index (χ0n) is 14.7. The lowest BCUT2D eigenvalue weighted by Crippen LogP contribution is -2.40. The van der Waals surface area contributed by atoms with Crippen molar-refractivity contribution in [3.63, 3.8) is 0 Å². The number of hydrogen-bond acceptors (Lipinski definition) is 6. The average Bonchev–Trinajstić information content (AvgIpc) is 3.40. The molecule has 0 bridgehead atoms. The SMILES string of the molecule is Cc1nnc2c(N3CCC(CN(C)S(=O)(=O)C4CC4)CC3)nccn12. The van der Waals surface area contributed by atoms with Crippen LogP contribution in [0, 0.1) is 12.8 Å². The lowest BCUT2D eigenvalue weighted by Gasteiger charge is -2.34. The van der Waals surface area contributed by atoms with Gasteiger partial charge in [-0.2, -0.15) is 0 Å². The summed E-state index contributed by atoms with van der Waals surface area (Å²) in [6.45, 7) is 4.27. The molecular weight excluding hydrogens is 340 g/mol. The van der Waals surface area contributed by atoms with Gasteiger partial charge in [0.05, 0.1) is 5.25 Å². The summed E-state index contributed by atoms with van der Waals surface area (Å²) in [5, 5.41) is 8.24. The van der Waals surface area contributed by atoms with Crippen molar-refractivity contribution in [1.29, 1.82) is 0 Å². The molecule has 0 atom stereocenters. The predicted molar refractivity (Wildman–Crippen MR) is 95.0 cm³/mol. The molecule has 0 aromatic carbocycles. The highest BCUT2D eigenvalue weighted by atomic mass is 32.2. The quantitative estimate of drug-likeness (QED) is 0.789. The fourth-order valence-electron chi connectivity index (χ4n) is 3.57. The normalized spacial score (nSPS) is 19.9. The van der Waals surface area contributed by atoms with Crippen molar-refractivity contribution in [2.24, 2.45) is 5.92 Å². The van der Waals surface area contributed by atoms with Crippen molar-refractivity contribution in [2.75, 3.05) is 31.6 Å². The van der Waals surface area contributed by atoms with Crippen molar-refractivity contribution in [2.45, 2.75) is 37.9 Å². The van der Waals surface area contributed by atoms with E-state index >= 15 is 0 Å². The molecule has 25 heavy (non-hydrogen) atoms. The molecule has 2 aromatic rings. The average molecular weight is 364 g/mol. The molecule has 0 amide bonds. The number of sulfonamides is 1. The Hall–Kier alpha value is -1.74. The van der Waals surface area contributed by atoms with Gasteiger partial charge in [-0.1, -0.05) is 0 Å². The molecule has 4 rings (SSSR count). The van der Waals surface area contributed by atoms with Gasteiger partial charge in [-0.25, -0.2) is 17.7 Å². The van der Waals surface area contributed by atoms with Crippen LogP contribution in [0.5, 0.6) is 0 Å². The van der Waals surface area contributed by atoms with Crippen molar-refractivity contribution in [1.82, 2.24) is 23.9 Å². The molecule has 1 saturated heterocycles. The first-order valence-corrected chi connectivity index (χ1v) is 10.3. The van der Waals surface area contributed by atoms with E-state index in [1.807, 2.05) is 17.5 Å². The summed E-state index contributed by atoms with van der Waals surface area (Å²) in [5.74, 6) is 2.11. The van der Waals surface area contributed by atoms with Gasteiger partial charge in [-0.3, -0.25) is 4.40 Å². The van der Waals surface area contributed by atoms with Gasteiger partial charge >= 0.3 is 0 Å². The summed E-state index contributed by atoms with van der Waals surface area (Å²) in [7, 11) is -1.35. The second kappa shape index (κ2) is 6.21. The molecule has 2 aliphatic rings. The molecule has 2 fully saturated rings. The summed E-state index contributed by atoms with van der Waals surface area (Å²) in [6, 6.07) is 0. The maximum absolute atomic E-state index is 12.3. The number of aromatic nitrogens is 4. The minimum Gasteiger partial charge on any atom is -0.353 e. The summed E-state index contributed by atoms with van der Waals surface area (Å²) >= 11 is 0. The number of fused-ring (bicyclic) bond motifs is 1. The monoisotopic (exact) mass is 364 g/mol. The lowest BCUT2D eigenvalue weighted by molar-refractivity contribution is 0.327. The summed E-state index contributed by atoms with van der Waals surface area (Å²) in [4.78, 5) is 6.73. The first kappa shape index (κ1) is 16.7. The van der Waals surface area contributed by atoms with E-state index in [9.17, 15) is 8.42 Å². The van der Waals surface area contributed by atoms with Crippen LogP contribution in [0.3, 0.4) is 0 Å². The zero-order valence-corrected chi connectivity index (χ0v) is 15.5. The molecule has 136 valence electrons. The van der Waals surface area contributed by atoms with Crippen molar-refractivity contribution in [3.8, 4) is 0 Å². The summed E-state index contributed by atoms with van der Waals surface area (Å²) in [6.07, 6.45) is 7.21. The Morgan fingerprint density at radius 1 is 1.20 bits per heavy atom. The molecule has 3 heterocycles. The Morgan fingerprint density at radius 3 is 2.60 bits per heavy atom. The Kier molecular flexibility index (Phi) is 4.15. The van der Waals surface area contributed by atoms with E-state index in [1.54, 1.807) is 17.5 Å². The molecule has 1 saturated carbocycles. The zero-order chi connectivity index (χ0) is 17.6. The number of anilines is 1. The Balaban J connectivity index is 1.41. The highest BCUT2D eigenvalue weighted by Gasteiger charge is 2.39. The molecule has 0 unspecified atom stereocenters. The van der Waals surface area contributed by atoms with E-state index in [0.29, 0.717) is 12.5 Å². The maximum atomic E-state index is 12.3. The third-order valence-electron chi connectivity index (χ3n) is 5.29. The fraction of sp³-hybridized carbons (Fsp3) is 0.688. The minimum atomic E-state index is -3.07. The molecule has 2 aromatic heterocycles. The Bertz CT molecular complexity index is 868. The molecule has 0 spiro atoms. The van der Waals surface area contributed by atoms with Crippen molar-refractivity contribution in [3.05, 3.63) is 18.2 Å².